The summed E-state index contributed by atoms with van der Waals surface area (Å²) in [6, 6.07) is 18.6. The summed E-state index contributed by atoms with van der Waals surface area (Å²) >= 11 is 0. The fourth-order valence-electron chi connectivity index (χ4n) is 2.98. The van der Waals surface area contributed by atoms with E-state index in [-0.39, 0.29) is 12.6 Å². The van der Waals surface area contributed by atoms with Gasteiger partial charge in [0, 0.05) is 25.1 Å². The quantitative estimate of drug-likeness (QED) is 0.848. The van der Waals surface area contributed by atoms with E-state index in [1.54, 1.807) is 0 Å². The van der Waals surface area contributed by atoms with Crippen LogP contribution in [-0.2, 0) is 17.7 Å². The summed E-state index contributed by atoms with van der Waals surface area (Å²) < 4.78 is 11.5. The largest absolute Gasteiger partial charge is 0.493 e. The second kappa shape index (κ2) is 8.83. The molecular weight excluding hydrogens is 302 g/mol. The van der Waals surface area contributed by atoms with Crippen LogP contribution in [0.5, 0.6) is 5.75 Å². The van der Waals surface area contributed by atoms with Crippen LogP contribution in [0.2, 0.25) is 0 Å². The normalized spacial score (nSPS) is 18.5. The molecule has 1 atom stereocenters. The van der Waals surface area contributed by atoms with Crippen molar-refractivity contribution in [1.82, 2.24) is 4.90 Å². The van der Waals surface area contributed by atoms with Crippen LogP contribution in [0.1, 0.15) is 11.1 Å². The minimum Gasteiger partial charge on any atom is -0.493 e. The second-order valence-electron chi connectivity index (χ2n) is 6.07. The Morgan fingerprint density at radius 1 is 1.08 bits per heavy atom. The molecule has 1 fully saturated rings. The van der Waals surface area contributed by atoms with Crippen LogP contribution in [0.25, 0.3) is 0 Å². The van der Waals surface area contributed by atoms with Crippen molar-refractivity contribution in [2.24, 2.45) is 0 Å². The molecule has 2 aromatic rings. The molecule has 0 aliphatic carbocycles. The van der Waals surface area contributed by atoms with E-state index in [4.69, 9.17) is 9.47 Å². The van der Waals surface area contributed by atoms with E-state index in [1.165, 1.54) is 5.56 Å². The molecule has 0 aromatic heterocycles. The van der Waals surface area contributed by atoms with Crippen LogP contribution in [0.15, 0.2) is 54.6 Å². The van der Waals surface area contributed by atoms with Crippen molar-refractivity contribution in [1.29, 1.82) is 0 Å². The molecule has 4 heteroatoms. The molecular formula is C20H25NO3. The Balaban J connectivity index is 1.60. The predicted octanol–water partition coefficient (Wildman–Crippen LogP) is 2.50. The highest BCUT2D eigenvalue weighted by Crippen LogP contribution is 2.22. The van der Waals surface area contributed by atoms with Crippen molar-refractivity contribution in [3.05, 3.63) is 65.7 Å². The van der Waals surface area contributed by atoms with Gasteiger partial charge in [0.15, 0.2) is 0 Å². The first kappa shape index (κ1) is 17.0. The monoisotopic (exact) mass is 327 g/mol. The van der Waals surface area contributed by atoms with Crippen molar-refractivity contribution >= 4 is 0 Å². The molecule has 0 radical (unpaired) electrons. The number of para-hydroxylation sites is 1. The molecule has 1 heterocycles. The van der Waals surface area contributed by atoms with E-state index in [0.29, 0.717) is 19.8 Å². The summed E-state index contributed by atoms with van der Waals surface area (Å²) in [7, 11) is 0. The Hall–Kier alpha value is -1.88. The lowest BCUT2D eigenvalue weighted by molar-refractivity contribution is -0.0315. The number of nitrogens with zero attached hydrogens (tertiary/aromatic N) is 1. The topological polar surface area (TPSA) is 41.9 Å². The van der Waals surface area contributed by atoms with Gasteiger partial charge in [0.1, 0.15) is 5.75 Å². The number of morpholine rings is 1. The van der Waals surface area contributed by atoms with E-state index in [0.717, 1.165) is 30.8 Å². The fraction of sp³-hybridized carbons (Fsp3) is 0.400. The lowest BCUT2D eigenvalue weighted by Gasteiger charge is -2.34. The average molecular weight is 327 g/mol. The molecule has 1 saturated heterocycles. The van der Waals surface area contributed by atoms with Gasteiger partial charge in [-0.2, -0.15) is 0 Å². The molecule has 0 unspecified atom stereocenters. The molecule has 1 aliphatic heterocycles. The first-order chi connectivity index (χ1) is 11.9. The molecule has 2 aromatic carbocycles. The highest BCUT2D eigenvalue weighted by atomic mass is 16.5. The summed E-state index contributed by atoms with van der Waals surface area (Å²) in [5.74, 6) is 0.927. The molecule has 128 valence electrons. The van der Waals surface area contributed by atoms with Crippen molar-refractivity contribution in [3.8, 4) is 5.75 Å². The van der Waals surface area contributed by atoms with Crippen molar-refractivity contribution < 1.29 is 14.6 Å². The predicted molar refractivity (Wildman–Crippen MR) is 94.2 cm³/mol. The van der Waals surface area contributed by atoms with Gasteiger partial charge in [-0.1, -0.05) is 48.5 Å². The van der Waals surface area contributed by atoms with Crippen molar-refractivity contribution in [2.45, 2.75) is 19.0 Å². The summed E-state index contributed by atoms with van der Waals surface area (Å²) in [5.41, 5.74) is 2.44. The van der Waals surface area contributed by atoms with Gasteiger partial charge in [0.25, 0.3) is 0 Å². The number of rotatable bonds is 7. The van der Waals surface area contributed by atoms with Gasteiger partial charge in [-0.05, 0) is 11.6 Å². The standard InChI is InChI=1S/C20H25NO3/c22-15-19-16-23-13-11-21(19)14-18-8-4-5-9-20(18)24-12-10-17-6-2-1-3-7-17/h1-9,19,22H,10-16H2/t19-/m0/s1. The molecule has 24 heavy (non-hydrogen) atoms. The summed E-state index contributed by atoms with van der Waals surface area (Å²) in [6.45, 7) is 3.70. The number of hydrogen-bond donors (Lipinski definition) is 1. The molecule has 0 bridgehead atoms. The number of hydrogen-bond acceptors (Lipinski definition) is 4. The molecule has 3 rings (SSSR count). The molecule has 1 aliphatic rings. The molecule has 1 N–H and O–H groups in total. The van der Waals surface area contributed by atoms with Crippen LogP contribution in [0.3, 0.4) is 0 Å². The summed E-state index contributed by atoms with van der Waals surface area (Å²) in [4.78, 5) is 2.27. The number of aliphatic hydroxyl groups excluding tert-OH is 1. The van der Waals surface area contributed by atoms with E-state index in [9.17, 15) is 5.11 Å². The fourth-order valence-corrected chi connectivity index (χ4v) is 2.98. The van der Waals surface area contributed by atoms with Crippen LogP contribution < -0.4 is 4.74 Å². The van der Waals surface area contributed by atoms with Crippen LogP contribution in [0, 0.1) is 0 Å². The Morgan fingerprint density at radius 2 is 1.88 bits per heavy atom. The third-order valence-corrected chi connectivity index (χ3v) is 4.40. The van der Waals surface area contributed by atoms with Gasteiger partial charge in [-0.15, -0.1) is 0 Å². The van der Waals surface area contributed by atoms with Crippen molar-refractivity contribution in [3.63, 3.8) is 0 Å². The maximum atomic E-state index is 9.52. The van der Waals surface area contributed by atoms with Gasteiger partial charge >= 0.3 is 0 Å². The lowest BCUT2D eigenvalue weighted by Crippen LogP contribution is -2.46. The SMILES string of the molecule is OC[C@H]1COCCN1Cc1ccccc1OCCc1ccccc1. The zero-order chi connectivity index (χ0) is 16.6. The maximum Gasteiger partial charge on any atom is 0.123 e. The zero-order valence-corrected chi connectivity index (χ0v) is 13.9. The van der Waals surface area contributed by atoms with Crippen LogP contribution >= 0.6 is 0 Å². The van der Waals surface area contributed by atoms with E-state index < -0.39 is 0 Å². The van der Waals surface area contributed by atoms with Gasteiger partial charge in [0.2, 0.25) is 0 Å². The lowest BCUT2D eigenvalue weighted by atomic mass is 10.1. The van der Waals surface area contributed by atoms with E-state index in [2.05, 4.69) is 35.2 Å². The minimum absolute atomic E-state index is 0.0659. The zero-order valence-electron chi connectivity index (χ0n) is 13.9. The highest BCUT2D eigenvalue weighted by molar-refractivity contribution is 5.33. The highest BCUT2D eigenvalue weighted by Gasteiger charge is 2.23. The summed E-state index contributed by atoms with van der Waals surface area (Å²) in [6.07, 6.45) is 0.895. The first-order valence-corrected chi connectivity index (χ1v) is 8.54. The van der Waals surface area contributed by atoms with E-state index >= 15 is 0 Å². The molecule has 0 amide bonds. The average Bonchev–Trinajstić information content (AvgIpc) is 2.64. The van der Waals surface area contributed by atoms with Gasteiger partial charge in [-0.3, -0.25) is 4.90 Å². The minimum atomic E-state index is 0.0659. The number of aliphatic hydroxyl groups is 1. The van der Waals surface area contributed by atoms with Gasteiger partial charge in [0.05, 0.1) is 32.5 Å². The number of benzene rings is 2. The Kier molecular flexibility index (Phi) is 6.24. The van der Waals surface area contributed by atoms with E-state index in [1.807, 2.05) is 24.3 Å². The maximum absolute atomic E-state index is 9.52. The van der Waals surface area contributed by atoms with Crippen LogP contribution in [0.4, 0.5) is 0 Å². The Morgan fingerprint density at radius 3 is 2.71 bits per heavy atom. The smallest absolute Gasteiger partial charge is 0.123 e. The Bertz CT molecular complexity index is 617. The van der Waals surface area contributed by atoms with Crippen molar-refractivity contribution in [2.75, 3.05) is 33.0 Å². The number of ether oxygens (including phenoxy) is 2. The van der Waals surface area contributed by atoms with Gasteiger partial charge < -0.3 is 14.6 Å². The molecule has 0 spiro atoms. The second-order valence-corrected chi connectivity index (χ2v) is 6.07. The third-order valence-electron chi connectivity index (χ3n) is 4.40. The molecule has 4 nitrogen and oxygen atoms in total. The summed E-state index contributed by atoms with van der Waals surface area (Å²) in [5, 5.41) is 9.52. The Labute approximate surface area is 143 Å². The molecule has 0 saturated carbocycles. The van der Waals surface area contributed by atoms with Gasteiger partial charge in [-0.25, -0.2) is 0 Å². The van der Waals surface area contributed by atoms with Crippen LogP contribution in [-0.4, -0.2) is 49.0 Å². The first-order valence-electron chi connectivity index (χ1n) is 8.54. The third kappa shape index (κ3) is 4.57.